The maximum atomic E-state index is 12.9. The average molecular weight is 494 g/mol. The lowest BCUT2D eigenvalue weighted by Gasteiger charge is -2.25. The van der Waals surface area contributed by atoms with Gasteiger partial charge in [0.15, 0.2) is 5.78 Å². The van der Waals surface area contributed by atoms with Crippen LogP contribution >= 0.6 is 11.6 Å². The zero-order chi connectivity index (χ0) is 24.0. The highest BCUT2D eigenvalue weighted by atomic mass is 35.5. The average Bonchev–Trinajstić information content (AvgIpc) is 3.18. The van der Waals surface area contributed by atoms with Gasteiger partial charge >= 0.3 is 0 Å². The first kappa shape index (κ1) is 25.2. The number of ketones is 1. The van der Waals surface area contributed by atoms with Crippen LogP contribution < -0.4 is 14.8 Å². The molecule has 1 saturated heterocycles. The summed E-state index contributed by atoms with van der Waals surface area (Å²) >= 11 is 6.14. The minimum Gasteiger partial charge on any atom is -0.494 e. The summed E-state index contributed by atoms with van der Waals surface area (Å²) in [5, 5.41) is 2.72. The molecule has 1 aliphatic heterocycles. The van der Waals surface area contributed by atoms with Crippen LogP contribution in [0.15, 0.2) is 47.4 Å². The van der Waals surface area contributed by atoms with Gasteiger partial charge in [-0.25, -0.2) is 8.42 Å². The monoisotopic (exact) mass is 493 g/mol. The van der Waals surface area contributed by atoms with E-state index in [1.807, 2.05) is 0 Å². The van der Waals surface area contributed by atoms with Gasteiger partial charge in [-0.1, -0.05) is 11.6 Å². The number of likely N-dealkylation sites (tertiary alicyclic amines) is 1. The zero-order valence-corrected chi connectivity index (χ0v) is 20.2. The van der Waals surface area contributed by atoms with Gasteiger partial charge in [0.05, 0.1) is 28.4 Å². The largest absolute Gasteiger partial charge is 0.494 e. The predicted octanol–water partition coefficient (Wildman–Crippen LogP) is 3.67. The summed E-state index contributed by atoms with van der Waals surface area (Å²) in [5.74, 6) is 0.414. The first-order valence-corrected chi connectivity index (χ1v) is 12.6. The summed E-state index contributed by atoms with van der Waals surface area (Å²) < 4.78 is 34.3. The minimum absolute atomic E-state index is 0.00928. The number of ether oxygens (including phenoxy) is 1. The molecule has 0 bridgehead atoms. The van der Waals surface area contributed by atoms with E-state index in [-0.39, 0.29) is 27.8 Å². The van der Waals surface area contributed by atoms with Crippen LogP contribution in [0.3, 0.4) is 0 Å². The van der Waals surface area contributed by atoms with E-state index < -0.39 is 10.0 Å². The summed E-state index contributed by atoms with van der Waals surface area (Å²) in [6.45, 7) is 4.83. The highest BCUT2D eigenvalue weighted by molar-refractivity contribution is 7.89. The number of amides is 1. The highest BCUT2D eigenvalue weighted by Gasteiger charge is 2.29. The highest BCUT2D eigenvalue weighted by Crippen LogP contribution is 2.26. The number of hydrogen-bond donors (Lipinski definition) is 2. The Morgan fingerprint density at radius 2 is 1.88 bits per heavy atom. The van der Waals surface area contributed by atoms with Gasteiger partial charge in [-0.05, 0) is 75.2 Å². The van der Waals surface area contributed by atoms with Gasteiger partial charge in [0.1, 0.15) is 5.75 Å². The smallest absolute Gasteiger partial charge is 0.241 e. The number of Topliss-reactive ketones (excluding diaryl/α,β-unsaturated/α-hetero) is 1. The fourth-order valence-corrected chi connectivity index (χ4v) is 5.25. The molecule has 0 aliphatic carbocycles. The van der Waals surface area contributed by atoms with Crippen LogP contribution in [0.25, 0.3) is 0 Å². The van der Waals surface area contributed by atoms with Crippen molar-refractivity contribution in [3.63, 3.8) is 0 Å². The topological polar surface area (TPSA) is 105 Å². The van der Waals surface area contributed by atoms with Gasteiger partial charge in [0.25, 0.3) is 0 Å². The van der Waals surface area contributed by atoms with Crippen molar-refractivity contribution in [2.75, 3.05) is 25.0 Å². The molecule has 1 fully saturated rings. The van der Waals surface area contributed by atoms with E-state index >= 15 is 0 Å². The van der Waals surface area contributed by atoms with Crippen LogP contribution in [0.2, 0.25) is 5.02 Å². The third kappa shape index (κ3) is 7.01. The molecule has 2 N–H and O–H groups in total. The fraction of sp³-hybridized carbons (Fsp3) is 0.391. The van der Waals surface area contributed by atoms with Gasteiger partial charge < -0.3 is 10.1 Å². The Bertz CT molecular complexity index is 1110. The zero-order valence-electron chi connectivity index (χ0n) is 18.6. The molecule has 0 saturated carbocycles. The first-order chi connectivity index (χ1) is 15.7. The second-order valence-corrected chi connectivity index (χ2v) is 10.0. The van der Waals surface area contributed by atoms with Gasteiger partial charge in [-0.15, -0.1) is 0 Å². The second-order valence-electron chi connectivity index (χ2n) is 7.92. The number of carbonyl (C=O) groups excluding carboxylic acids is 2. The van der Waals surface area contributed by atoms with Crippen molar-refractivity contribution in [1.82, 2.24) is 9.62 Å². The fourth-order valence-electron chi connectivity index (χ4n) is 3.67. The normalized spacial score (nSPS) is 16.5. The van der Waals surface area contributed by atoms with Crippen molar-refractivity contribution in [2.24, 2.45) is 0 Å². The second kappa shape index (κ2) is 11.1. The molecule has 3 rings (SSSR count). The van der Waals surface area contributed by atoms with Crippen molar-refractivity contribution in [3.8, 4) is 5.75 Å². The molecule has 2 aromatic rings. The quantitative estimate of drug-likeness (QED) is 0.386. The summed E-state index contributed by atoms with van der Waals surface area (Å²) in [6, 6.07) is 11.2. The number of anilines is 1. The maximum absolute atomic E-state index is 12.9. The maximum Gasteiger partial charge on any atom is 0.241 e. The van der Waals surface area contributed by atoms with Crippen LogP contribution in [0.5, 0.6) is 5.75 Å². The van der Waals surface area contributed by atoms with Gasteiger partial charge in [-0.2, -0.15) is 4.72 Å². The molecule has 2 aromatic carbocycles. The molecule has 0 radical (unpaired) electrons. The molecule has 1 atom stereocenters. The number of hydrogen-bond acceptors (Lipinski definition) is 6. The van der Waals surface area contributed by atoms with Crippen molar-refractivity contribution >= 4 is 39.0 Å². The van der Waals surface area contributed by atoms with Crippen molar-refractivity contribution < 1.29 is 22.7 Å². The number of halogens is 1. The molecule has 1 aliphatic rings. The van der Waals surface area contributed by atoms with E-state index in [9.17, 15) is 18.0 Å². The molecule has 1 heterocycles. The molecule has 10 heteroatoms. The van der Waals surface area contributed by atoms with Crippen LogP contribution in [-0.2, 0) is 14.8 Å². The lowest BCUT2D eigenvalue weighted by molar-refractivity contribution is -0.114. The van der Waals surface area contributed by atoms with Crippen LogP contribution in [0.1, 0.15) is 43.5 Å². The third-order valence-corrected chi connectivity index (χ3v) is 7.11. The number of nitrogens with one attached hydrogen (secondary N) is 2. The molecular formula is C23H28ClN3O5S. The molecule has 0 aromatic heterocycles. The van der Waals surface area contributed by atoms with Crippen LogP contribution in [-0.4, -0.2) is 50.9 Å². The Kier molecular flexibility index (Phi) is 8.47. The standard InChI is InChI=1S/C23H28ClN3O5S/c1-16(28)18-6-8-19(9-7-18)32-14-4-13-27-12-3-5-23(27)26-33(30,31)20-10-11-22(21(24)15-20)25-17(2)29/h6-11,15,23,26H,3-5,12-14H2,1-2H3,(H,25,29). The van der Waals surface area contributed by atoms with Crippen LogP contribution in [0.4, 0.5) is 5.69 Å². The Hall–Kier alpha value is -2.46. The lowest BCUT2D eigenvalue weighted by atomic mass is 10.1. The predicted molar refractivity (Wildman–Crippen MR) is 127 cm³/mol. The molecule has 178 valence electrons. The summed E-state index contributed by atoms with van der Waals surface area (Å²) in [5.41, 5.74) is 1.00. The molecule has 33 heavy (non-hydrogen) atoms. The van der Waals surface area contributed by atoms with E-state index in [1.165, 1.54) is 32.0 Å². The Labute approximate surface area is 199 Å². The minimum atomic E-state index is -3.78. The third-order valence-electron chi connectivity index (χ3n) is 5.34. The number of benzene rings is 2. The van der Waals surface area contributed by atoms with E-state index in [1.54, 1.807) is 24.3 Å². The van der Waals surface area contributed by atoms with Crippen molar-refractivity contribution in [1.29, 1.82) is 0 Å². The Balaban J connectivity index is 1.52. The van der Waals surface area contributed by atoms with E-state index in [0.29, 0.717) is 36.6 Å². The number of sulfonamides is 1. The number of carbonyl (C=O) groups is 2. The number of nitrogens with zero attached hydrogens (tertiary/aromatic N) is 1. The lowest BCUT2D eigenvalue weighted by Crippen LogP contribution is -2.44. The number of rotatable bonds is 10. The SMILES string of the molecule is CC(=O)Nc1ccc(S(=O)(=O)NC2CCCN2CCCOc2ccc(C(C)=O)cc2)cc1Cl. The van der Waals surface area contributed by atoms with Crippen molar-refractivity contribution in [2.45, 2.75) is 44.2 Å². The van der Waals surface area contributed by atoms with E-state index in [4.69, 9.17) is 16.3 Å². The first-order valence-electron chi connectivity index (χ1n) is 10.7. The van der Waals surface area contributed by atoms with Crippen molar-refractivity contribution in [3.05, 3.63) is 53.1 Å². The molecule has 1 unspecified atom stereocenters. The van der Waals surface area contributed by atoms with Gasteiger partial charge in [0.2, 0.25) is 15.9 Å². The Morgan fingerprint density at radius 1 is 1.15 bits per heavy atom. The summed E-state index contributed by atoms with van der Waals surface area (Å²) in [4.78, 5) is 24.7. The van der Waals surface area contributed by atoms with Gasteiger partial charge in [0, 0.05) is 19.0 Å². The molecule has 1 amide bonds. The summed E-state index contributed by atoms with van der Waals surface area (Å²) in [7, 11) is -3.78. The molecule has 8 nitrogen and oxygen atoms in total. The Morgan fingerprint density at radius 3 is 2.52 bits per heavy atom. The van der Waals surface area contributed by atoms with Crippen LogP contribution in [0, 0.1) is 0 Å². The van der Waals surface area contributed by atoms with Gasteiger partial charge in [-0.3, -0.25) is 14.5 Å². The van der Waals surface area contributed by atoms with E-state index in [0.717, 1.165) is 19.4 Å². The van der Waals surface area contributed by atoms with E-state index in [2.05, 4.69) is 14.9 Å². The molecular weight excluding hydrogens is 466 g/mol. The molecule has 0 spiro atoms. The summed E-state index contributed by atoms with van der Waals surface area (Å²) in [6.07, 6.45) is 2.02.